The molecule has 1 fully saturated rings. The highest BCUT2D eigenvalue weighted by Gasteiger charge is 2.35. The third-order valence-corrected chi connectivity index (χ3v) is 8.66. The van der Waals surface area contributed by atoms with E-state index in [-0.39, 0.29) is 29.3 Å². The third-order valence-electron chi connectivity index (χ3n) is 8.66. The molecular weight excluding hydrogens is 654 g/mol. The van der Waals surface area contributed by atoms with E-state index in [2.05, 4.69) is 6.07 Å². The molecule has 5 rings (SSSR count). The van der Waals surface area contributed by atoms with Gasteiger partial charge in [0.15, 0.2) is 0 Å². The van der Waals surface area contributed by atoms with Crippen LogP contribution in [0.2, 0.25) is 0 Å². The molecule has 0 spiro atoms. The van der Waals surface area contributed by atoms with E-state index in [1.807, 2.05) is 0 Å². The Labute approximate surface area is 286 Å². The van der Waals surface area contributed by atoms with Crippen molar-refractivity contribution in [3.63, 3.8) is 0 Å². The number of rotatable bonds is 7. The lowest BCUT2D eigenvalue weighted by Gasteiger charge is -2.37. The number of aromatic nitrogens is 2. The van der Waals surface area contributed by atoms with Crippen molar-refractivity contribution in [3.8, 4) is 17.2 Å². The van der Waals surface area contributed by atoms with E-state index in [4.69, 9.17) is 9.72 Å². The highest BCUT2D eigenvalue weighted by molar-refractivity contribution is 5.80. The fourth-order valence-electron chi connectivity index (χ4n) is 6.09. The minimum Gasteiger partial charge on any atom is -0.444 e. The molecule has 0 radical (unpaired) electrons. The number of carbonyl (C=O) groups is 2. The van der Waals surface area contributed by atoms with Gasteiger partial charge < -0.3 is 14.5 Å². The van der Waals surface area contributed by atoms with E-state index in [1.165, 1.54) is 9.30 Å². The normalized spacial score (nSPS) is 14.7. The molecule has 1 saturated heterocycles. The number of fused-ring (bicyclic) bond motifs is 1. The zero-order chi connectivity index (χ0) is 36.4. The van der Waals surface area contributed by atoms with Gasteiger partial charge in [-0.15, -0.1) is 0 Å². The first-order valence-electron chi connectivity index (χ1n) is 16.2. The molecule has 0 N–H and O–H groups in total. The summed E-state index contributed by atoms with van der Waals surface area (Å²) in [5.41, 5.74) is -0.750. The van der Waals surface area contributed by atoms with Gasteiger partial charge >= 0.3 is 12.3 Å². The summed E-state index contributed by atoms with van der Waals surface area (Å²) in [6, 6.07) is 15.1. The molecule has 4 aromatic rings. The quantitative estimate of drug-likeness (QED) is 0.190. The van der Waals surface area contributed by atoms with Crippen LogP contribution in [0.5, 0.6) is 0 Å². The van der Waals surface area contributed by atoms with Crippen molar-refractivity contribution in [3.05, 3.63) is 105 Å². The highest BCUT2D eigenvalue weighted by Crippen LogP contribution is 2.33. The van der Waals surface area contributed by atoms with Gasteiger partial charge in [0.05, 0.1) is 40.9 Å². The Morgan fingerprint density at radius 2 is 1.74 bits per heavy atom. The SMILES string of the molecule is C[C@H](c1nc2ccccn2c(=O)c1-c1ccc(C#N)cc1)N(CC1CCN(C(=O)OC(C)(C)C)CC1)C(=O)Cc1ccc(C(F)(F)F)c(F)c1. The average Bonchev–Trinajstić information content (AvgIpc) is 3.06. The van der Waals surface area contributed by atoms with Crippen molar-refractivity contribution in [2.75, 3.05) is 19.6 Å². The number of carbonyl (C=O) groups excluding carboxylic acids is 2. The summed E-state index contributed by atoms with van der Waals surface area (Å²) in [7, 11) is 0. The Hall–Kier alpha value is -5.25. The molecule has 0 unspecified atom stereocenters. The summed E-state index contributed by atoms with van der Waals surface area (Å²) in [4.78, 5) is 48.8. The van der Waals surface area contributed by atoms with Crippen molar-refractivity contribution in [2.24, 2.45) is 5.92 Å². The summed E-state index contributed by atoms with van der Waals surface area (Å²) in [5.74, 6) is -2.08. The fraction of sp³-hybridized carbons (Fsp3) is 0.378. The number of nitrogens with zero attached hydrogens (tertiary/aromatic N) is 5. The van der Waals surface area contributed by atoms with Gasteiger partial charge in [-0.2, -0.15) is 18.4 Å². The van der Waals surface area contributed by atoms with E-state index in [9.17, 15) is 37.2 Å². The molecule has 2 aromatic heterocycles. The van der Waals surface area contributed by atoms with Gasteiger partial charge in [0.25, 0.3) is 5.56 Å². The van der Waals surface area contributed by atoms with Gasteiger partial charge in [0.1, 0.15) is 17.1 Å². The molecule has 2 aromatic carbocycles. The van der Waals surface area contributed by atoms with Crippen molar-refractivity contribution >= 4 is 17.6 Å². The number of ether oxygens (including phenoxy) is 1. The molecule has 9 nitrogen and oxygen atoms in total. The molecule has 1 aliphatic rings. The summed E-state index contributed by atoms with van der Waals surface area (Å²) >= 11 is 0. The van der Waals surface area contributed by atoms with Gasteiger partial charge in [0, 0.05) is 25.8 Å². The number of halogens is 4. The zero-order valence-corrected chi connectivity index (χ0v) is 28.1. The number of likely N-dealkylation sites (tertiary alicyclic amines) is 1. The van der Waals surface area contributed by atoms with Crippen LogP contribution in [-0.4, -0.2) is 56.4 Å². The van der Waals surface area contributed by atoms with Gasteiger partial charge in [-0.3, -0.25) is 14.0 Å². The average molecular weight is 692 g/mol. The number of nitriles is 1. The number of piperidine rings is 1. The molecule has 0 saturated carbocycles. The summed E-state index contributed by atoms with van der Waals surface area (Å²) in [6.45, 7) is 8.00. The van der Waals surface area contributed by atoms with Crippen molar-refractivity contribution in [1.29, 1.82) is 5.26 Å². The Kier molecular flexibility index (Phi) is 10.3. The number of hydrogen-bond acceptors (Lipinski definition) is 6. The largest absolute Gasteiger partial charge is 0.444 e. The molecule has 50 heavy (non-hydrogen) atoms. The molecule has 1 aliphatic heterocycles. The van der Waals surface area contributed by atoms with E-state index in [0.29, 0.717) is 54.8 Å². The van der Waals surface area contributed by atoms with Gasteiger partial charge in [-0.05, 0) is 94.0 Å². The Morgan fingerprint density at radius 1 is 1.06 bits per heavy atom. The third kappa shape index (κ3) is 8.13. The van der Waals surface area contributed by atoms with Crippen molar-refractivity contribution in [2.45, 2.75) is 64.8 Å². The van der Waals surface area contributed by atoms with Crippen LogP contribution in [0.3, 0.4) is 0 Å². The lowest BCUT2D eigenvalue weighted by molar-refractivity contribution is -0.140. The number of alkyl halides is 3. The molecule has 262 valence electrons. The monoisotopic (exact) mass is 691 g/mol. The molecular formula is C37H37F4N5O4. The molecule has 0 aliphatic carbocycles. The van der Waals surface area contributed by atoms with Crippen LogP contribution in [0.15, 0.2) is 71.7 Å². The van der Waals surface area contributed by atoms with Gasteiger partial charge in [-0.25, -0.2) is 14.2 Å². The minimum atomic E-state index is -4.89. The van der Waals surface area contributed by atoms with Crippen LogP contribution in [-0.2, 0) is 22.1 Å². The standard InChI is InChI=1S/C37H37F4N5O4/c1-23(33-32(27-11-8-24(21-42)9-12-27)34(48)45-16-6-5-7-30(45)43-33)46(22-25-14-17-44(18-15-25)35(49)50-36(2,3)4)31(47)20-26-10-13-28(29(38)19-26)37(39,40)41/h5-13,16,19,23,25H,14-15,17-18,20,22H2,1-4H3/t23-/m1/s1. The molecule has 3 heterocycles. The van der Waals surface area contributed by atoms with E-state index in [1.54, 1.807) is 81.3 Å². The lowest BCUT2D eigenvalue weighted by atomic mass is 9.94. The van der Waals surface area contributed by atoms with Crippen molar-refractivity contribution in [1.82, 2.24) is 19.2 Å². The molecule has 0 bridgehead atoms. The Bertz CT molecular complexity index is 1990. The van der Waals surface area contributed by atoms with Crippen LogP contribution in [0.1, 0.15) is 69.0 Å². The topological polar surface area (TPSA) is 108 Å². The number of pyridine rings is 1. The maximum absolute atomic E-state index is 14.5. The van der Waals surface area contributed by atoms with Crippen LogP contribution in [0, 0.1) is 23.1 Å². The Balaban J connectivity index is 1.52. The molecule has 1 atom stereocenters. The second-order valence-electron chi connectivity index (χ2n) is 13.4. The van der Waals surface area contributed by atoms with Crippen LogP contribution < -0.4 is 5.56 Å². The summed E-state index contributed by atoms with van der Waals surface area (Å²) in [5, 5.41) is 9.34. The van der Waals surface area contributed by atoms with Crippen LogP contribution >= 0.6 is 0 Å². The summed E-state index contributed by atoms with van der Waals surface area (Å²) < 4.78 is 61.2. The molecule has 2 amide bonds. The van der Waals surface area contributed by atoms with Gasteiger partial charge in [-0.1, -0.05) is 24.3 Å². The van der Waals surface area contributed by atoms with E-state index >= 15 is 0 Å². The first-order chi connectivity index (χ1) is 23.6. The van der Waals surface area contributed by atoms with E-state index < -0.39 is 53.2 Å². The maximum atomic E-state index is 14.5. The van der Waals surface area contributed by atoms with Crippen LogP contribution in [0.25, 0.3) is 16.8 Å². The number of hydrogen-bond donors (Lipinski definition) is 0. The highest BCUT2D eigenvalue weighted by atomic mass is 19.4. The predicted molar refractivity (Wildman–Crippen MR) is 177 cm³/mol. The van der Waals surface area contributed by atoms with Gasteiger partial charge in [0.2, 0.25) is 5.91 Å². The number of amides is 2. The first kappa shape index (κ1) is 36.0. The van der Waals surface area contributed by atoms with E-state index in [0.717, 1.165) is 6.07 Å². The fourth-order valence-corrected chi connectivity index (χ4v) is 6.09. The second-order valence-corrected chi connectivity index (χ2v) is 13.4. The second kappa shape index (κ2) is 14.3. The minimum absolute atomic E-state index is 0.0521. The lowest BCUT2D eigenvalue weighted by Crippen LogP contribution is -2.45. The van der Waals surface area contributed by atoms with Crippen LogP contribution in [0.4, 0.5) is 22.4 Å². The predicted octanol–water partition coefficient (Wildman–Crippen LogP) is 7.17. The zero-order valence-electron chi connectivity index (χ0n) is 28.1. The maximum Gasteiger partial charge on any atom is 0.419 e. The molecule has 13 heteroatoms. The summed E-state index contributed by atoms with van der Waals surface area (Å²) in [6.07, 6.45) is -3.10. The smallest absolute Gasteiger partial charge is 0.419 e. The number of benzene rings is 2. The first-order valence-corrected chi connectivity index (χ1v) is 16.2. The Morgan fingerprint density at radius 3 is 2.34 bits per heavy atom. The van der Waals surface area contributed by atoms with Crippen molar-refractivity contribution < 1.29 is 31.9 Å².